The summed E-state index contributed by atoms with van der Waals surface area (Å²) in [5, 5.41) is 12.3. The lowest BCUT2D eigenvalue weighted by atomic mass is 9.92. The van der Waals surface area contributed by atoms with Crippen LogP contribution < -0.4 is 5.32 Å². The van der Waals surface area contributed by atoms with Gasteiger partial charge in [-0.1, -0.05) is 17.7 Å². The van der Waals surface area contributed by atoms with E-state index in [1.54, 1.807) is 25.1 Å². The lowest BCUT2D eigenvalue weighted by molar-refractivity contribution is -0.137. The minimum atomic E-state index is -4.70. The number of carbonyl (C=O) groups excluding carboxylic acids is 1. The largest absolute Gasteiger partial charge is 0.478 e. The first-order valence-corrected chi connectivity index (χ1v) is 10.9. The highest BCUT2D eigenvalue weighted by Gasteiger charge is 2.53. The summed E-state index contributed by atoms with van der Waals surface area (Å²) in [6.45, 7) is 1.69. The molecule has 0 aliphatic heterocycles. The molecule has 4 nitrogen and oxygen atoms in total. The molecule has 3 aromatic rings. The molecule has 10 heteroatoms. The molecule has 4 rings (SSSR count). The molecule has 0 radical (unpaired) electrons. The fourth-order valence-corrected chi connectivity index (χ4v) is 5.05. The maximum atomic E-state index is 14.5. The molecule has 1 amide bonds. The van der Waals surface area contributed by atoms with Gasteiger partial charge in [-0.2, -0.15) is 13.2 Å². The van der Waals surface area contributed by atoms with E-state index in [4.69, 9.17) is 11.6 Å². The van der Waals surface area contributed by atoms with Crippen molar-refractivity contribution < 1.29 is 32.3 Å². The summed E-state index contributed by atoms with van der Waals surface area (Å²) >= 11 is 7.19. The number of rotatable bonds is 5. The predicted octanol–water partition coefficient (Wildman–Crippen LogP) is 6.90. The van der Waals surface area contributed by atoms with Crippen molar-refractivity contribution in [3.63, 3.8) is 0 Å². The van der Waals surface area contributed by atoms with Crippen LogP contribution in [-0.2, 0) is 16.4 Å². The number of thiophene rings is 1. The predicted molar refractivity (Wildman–Crippen MR) is 117 cm³/mol. The van der Waals surface area contributed by atoms with E-state index in [2.05, 4.69) is 5.32 Å². The van der Waals surface area contributed by atoms with Crippen LogP contribution in [0, 0.1) is 12.7 Å². The van der Waals surface area contributed by atoms with Gasteiger partial charge in [-0.25, -0.2) is 9.18 Å². The Morgan fingerprint density at radius 3 is 2.33 bits per heavy atom. The van der Waals surface area contributed by atoms with Crippen LogP contribution in [-0.4, -0.2) is 17.0 Å². The minimum Gasteiger partial charge on any atom is -0.478 e. The summed E-state index contributed by atoms with van der Waals surface area (Å²) in [7, 11) is 0. The number of benzene rings is 2. The van der Waals surface area contributed by atoms with E-state index < -0.39 is 34.8 Å². The number of aryl methyl sites for hydroxylation is 1. The summed E-state index contributed by atoms with van der Waals surface area (Å²) in [5.41, 5.74) is -1.36. The molecule has 1 aliphatic rings. The van der Waals surface area contributed by atoms with Gasteiger partial charge in [0.05, 0.1) is 20.9 Å². The highest BCUT2D eigenvalue weighted by atomic mass is 35.5. The molecule has 2 aromatic carbocycles. The van der Waals surface area contributed by atoms with Crippen molar-refractivity contribution in [2.24, 2.45) is 0 Å². The van der Waals surface area contributed by atoms with Crippen molar-refractivity contribution in [3.05, 3.63) is 74.9 Å². The Morgan fingerprint density at radius 1 is 1.12 bits per heavy atom. The number of hydrogen-bond donors (Lipinski definition) is 2. The van der Waals surface area contributed by atoms with Gasteiger partial charge >= 0.3 is 12.1 Å². The average molecular weight is 498 g/mol. The zero-order valence-electron chi connectivity index (χ0n) is 17.0. The van der Waals surface area contributed by atoms with Crippen molar-refractivity contribution >= 4 is 40.5 Å². The van der Waals surface area contributed by atoms with Crippen LogP contribution in [0.15, 0.2) is 42.5 Å². The molecule has 1 fully saturated rings. The lowest BCUT2D eigenvalue weighted by Crippen LogP contribution is -2.29. The van der Waals surface area contributed by atoms with Gasteiger partial charge in [0.25, 0.3) is 0 Å². The summed E-state index contributed by atoms with van der Waals surface area (Å²) in [6, 6.07) is 8.37. The Morgan fingerprint density at radius 2 is 1.82 bits per heavy atom. The number of nitrogens with one attached hydrogen (secondary N) is 1. The third-order valence-corrected chi connectivity index (χ3v) is 6.89. The van der Waals surface area contributed by atoms with Gasteiger partial charge in [-0.05, 0) is 61.7 Å². The molecular weight excluding hydrogens is 482 g/mol. The lowest BCUT2D eigenvalue weighted by Gasteiger charge is -2.19. The molecule has 1 aromatic heterocycles. The van der Waals surface area contributed by atoms with E-state index in [9.17, 15) is 32.3 Å². The van der Waals surface area contributed by atoms with Gasteiger partial charge in [0.15, 0.2) is 0 Å². The maximum absolute atomic E-state index is 14.5. The first kappa shape index (κ1) is 23.3. The standard InChI is InChI=1S/C23H16ClF4NO3S/c1-11-8-13(10-14(20(30)31)19(11)17-4-5-18(24)33-17)29-21(32)22(6-7-22)15-3-2-12(9-16(15)25)23(26,27)28/h2-5,8-10H,6-7H2,1H3,(H,29,32)(H,30,31). The number of hydrogen-bond acceptors (Lipinski definition) is 3. The zero-order valence-corrected chi connectivity index (χ0v) is 18.6. The summed E-state index contributed by atoms with van der Waals surface area (Å²) < 4.78 is 53.6. The monoisotopic (exact) mass is 497 g/mol. The van der Waals surface area contributed by atoms with Crippen LogP contribution >= 0.6 is 22.9 Å². The third-order valence-electron chi connectivity index (χ3n) is 5.64. The van der Waals surface area contributed by atoms with Crippen molar-refractivity contribution in [3.8, 4) is 10.4 Å². The number of alkyl halides is 3. The Balaban J connectivity index is 1.66. The highest BCUT2D eigenvalue weighted by Crippen LogP contribution is 2.50. The van der Waals surface area contributed by atoms with E-state index in [1.165, 1.54) is 17.4 Å². The molecule has 172 valence electrons. The number of carboxylic acids is 1. The Labute approximate surface area is 194 Å². The summed E-state index contributed by atoms with van der Waals surface area (Å²) in [5.74, 6) is -2.92. The highest BCUT2D eigenvalue weighted by molar-refractivity contribution is 7.19. The van der Waals surface area contributed by atoms with Gasteiger partial charge in [0.2, 0.25) is 5.91 Å². The number of aromatic carboxylic acids is 1. The number of amides is 1. The first-order chi connectivity index (χ1) is 15.4. The van der Waals surface area contributed by atoms with Crippen LogP contribution in [0.25, 0.3) is 10.4 Å². The molecule has 1 heterocycles. The normalized spacial score (nSPS) is 14.7. The Hall–Kier alpha value is -2.91. The van der Waals surface area contributed by atoms with Crippen molar-refractivity contribution in [1.29, 1.82) is 0 Å². The van der Waals surface area contributed by atoms with E-state index in [0.29, 0.717) is 26.4 Å². The van der Waals surface area contributed by atoms with Crippen LogP contribution in [0.5, 0.6) is 0 Å². The Bertz CT molecular complexity index is 1280. The number of carboxylic acid groups (broad SMARTS) is 1. The van der Waals surface area contributed by atoms with E-state index in [0.717, 1.165) is 12.1 Å². The minimum absolute atomic E-state index is 0.0469. The van der Waals surface area contributed by atoms with E-state index in [-0.39, 0.29) is 29.7 Å². The van der Waals surface area contributed by atoms with E-state index in [1.807, 2.05) is 0 Å². The van der Waals surface area contributed by atoms with Crippen LogP contribution in [0.4, 0.5) is 23.2 Å². The zero-order chi connectivity index (χ0) is 24.1. The van der Waals surface area contributed by atoms with Crippen LogP contribution in [0.2, 0.25) is 4.34 Å². The molecule has 1 aliphatic carbocycles. The van der Waals surface area contributed by atoms with Crippen molar-refractivity contribution in [1.82, 2.24) is 0 Å². The number of halogens is 5. The second-order valence-electron chi connectivity index (χ2n) is 7.85. The van der Waals surface area contributed by atoms with Gasteiger partial charge in [-0.15, -0.1) is 11.3 Å². The first-order valence-electron chi connectivity index (χ1n) is 9.75. The van der Waals surface area contributed by atoms with Gasteiger partial charge in [-0.3, -0.25) is 4.79 Å². The van der Waals surface area contributed by atoms with Gasteiger partial charge in [0.1, 0.15) is 5.82 Å². The van der Waals surface area contributed by atoms with Crippen LogP contribution in [0.1, 0.15) is 39.9 Å². The molecule has 0 bridgehead atoms. The SMILES string of the molecule is Cc1cc(NC(=O)C2(c3ccc(C(F)(F)F)cc3F)CC2)cc(C(=O)O)c1-c1ccc(Cl)s1. The molecule has 0 unspecified atom stereocenters. The molecule has 33 heavy (non-hydrogen) atoms. The molecule has 0 atom stereocenters. The molecule has 0 spiro atoms. The smallest absolute Gasteiger partial charge is 0.416 e. The van der Waals surface area contributed by atoms with Crippen LogP contribution in [0.3, 0.4) is 0 Å². The Kier molecular flexibility index (Phi) is 5.74. The van der Waals surface area contributed by atoms with E-state index >= 15 is 0 Å². The topological polar surface area (TPSA) is 66.4 Å². The maximum Gasteiger partial charge on any atom is 0.416 e. The van der Waals surface area contributed by atoms with Crippen molar-refractivity contribution in [2.45, 2.75) is 31.4 Å². The fourth-order valence-electron chi connectivity index (χ4n) is 3.88. The summed E-state index contributed by atoms with van der Waals surface area (Å²) in [4.78, 5) is 25.6. The second-order valence-corrected chi connectivity index (χ2v) is 9.57. The molecule has 0 saturated heterocycles. The third kappa shape index (κ3) is 4.35. The number of anilines is 1. The quantitative estimate of drug-likeness (QED) is 0.377. The molecular formula is C23H16ClF4NO3S. The number of carbonyl (C=O) groups is 2. The second kappa shape index (κ2) is 8.14. The summed E-state index contributed by atoms with van der Waals surface area (Å²) in [6.07, 6.45) is -4.17. The van der Waals surface area contributed by atoms with Gasteiger partial charge < -0.3 is 10.4 Å². The van der Waals surface area contributed by atoms with Crippen molar-refractivity contribution in [2.75, 3.05) is 5.32 Å². The average Bonchev–Trinajstić information content (AvgIpc) is 3.42. The molecule has 1 saturated carbocycles. The molecule has 2 N–H and O–H groups in total. The van der Waals surface area contributed by atoms with Gasteiger partial charge in [0, 0.05) is 21.7 Å². The fraction of sp³-hybridized carbons (Fsp3) is 0.217.